The van der Waals surface area contributed by atoms with Crippen LogP contribution in [0.25, 0.3) is 0 Å². The molecule has 68 valence electrons. The van der Waals surface area contributed by atoms with Crippen LogP contribution >= 0.6 is 0 Å². The topological polar surface area (TPSA) is 38.3 Å². The number of nitrogens with one attached hydrogen (secondary N) is 1. The highest BCUT2D eigenvalue weighted by Gasteiger charge is 2.07. The fourth-order valence-electron chi connectivity index (χ4n) is 1.04. The molecule has 0 aliphatic rings. The summed E-state index contributed by atoms with van der Waals surface area (Å²) in [4.78, 5) is 11.4. The number of ether oxygens (including phenoxy) is 1. The van der Waals surface area contributed by atoms with Gasteiger partial charge in [0.05, 0.1) is 12.7 Å². The molecule has 1 rings (SSSR count). The number of hydrogen-bond acceptors (Lipinski definition) is 2. The summed E-state index contributed by atoms with van der Waals surface area (Å²) in [6.45, 7) is 0. The molecule has 0 fully saturated rings. The highest BCUT2D eigenvalue weighted by Crippen LogP contribution is 2.16. The normalized spacial score (nSPS) is 9.38. The van der Waals surface area contributed by atoms with E-state index in [0.29, 0.717) is 17.8 Å². The van der Waals surface area contributed by atoms with Crippen molar-refractivity contribution in [2.24, 2.45) is 0 Å². The molecule has 0 spiro atoms. The fraction of sp³-hybridized carbons (Fsp3) is 0.222. The zero-order valence-corrected chi connectivity index (χ0v) is 7.54. The van der Waals surface area contributed by atoms with E-state index in [2.05, 4.69) is 13.2 Å². The minimum absolute atomic E-state index is 0.160. The van der Waals surface area contributed by atoms with E-state index in [1.807, 2.05) is 6.07 Å². The Labute approximate surface area is 78.5 Å². The summed E-state index contributed by atoms with van der Waals surface area (Å²) in [5.41, 5.74) is 0.536. The van der Waals surface area contributed by atoms with Gasteiger partial charge in [-0.15, -0.1) is 0 Å². The van der Waals surface area contributed by atoms with E-state index in [0.717, 1.165) is 0 Å². The Morgan fingerprint density at radius 1 is 1.54 bits per heavy atom. The van der Waals surface area contributed by atoms with Gasteiger partial charge in [-0.05, 0) is 12.1 Å². The lowest BCUT2D eigenvalue weighted by Gasteiger charge is -2.09. The van der Waals surface area contributed by atoms with Gasteiger partial charge in [0.2, 0.25) is 0 Å². The summed E-state index contributed by atoms with van der Waals surface area (Å²) in [5.74, 6) is 0.418. The Bertz CT molecular complexity index is 301. The highest BCUT2D eigenvalue weighted by molar-refractivity contribution is 6.11. The number of methoxy groups -OCH3 is 1. The van der Waals surface area contributed by atoms with E-state index in [9.17, 15) is 4.79 Å². The molecule has 0 aromatic heterocycles. The Hall–Kier alpha value is -1.45. The summed E-state index contributed by atoms with van der Waals surface area (Å²) in [5, 5.41) is 2.61. The van der Waals surface area contributed by atoms with Gasteiger partial charge in [0, 0.05) is 0 Å². The zero-order valence-electron chi connectivity index (χ0n) is 7.54. The number of carbonyl (C=O) groups excluding carboxylic acids is 1. The predicted octanol–water partition coefficient (Wildman–Crippen LogP) is 0.283. The summed E-state index contributed by atoms with van der Waals surface area (Å²) < 4.78 is 5.03. The number of rotatable bonds is 3. The van der Waals surface area contributed by atoms with Crippen molar-refractivity contribution in [2.45, 2.75) is 0 Å². The first-order valence-electron chi connectivity index (χ1n) is 4.00. The molecule has 4 heteroatoms. The Balaban J connectivity index is 2.92. The van der Waals surface area contributed by atoms with Gasteiger partial charge < -0.3 is 17.9 Å². The number of carbonyl (C=O) groups is 1. The Morgan fingerprint density at radius 3 is 2.85 bits per heavy atom. The van der Waals surface area contributed by atoms with Gasteiger partial charge in [-0.25, -0.2) is 0 Å². The van der Waals surface area contributed by atoms with E-state index < -0.39 is 0 Å². The number of benzene rings is 1. The quantitative estimate of drug-likeness (QED) is 0.671. The molecule has 1 aromatic rings. The molecule has 13 heavy (non-hydrogen) atoms. The summed E-state index contributed by atoms with van der Waals surface area (Å²) in [6.07, 6.45) is 0.372. The maximum absolute atomic E-state index is 11.4. The van der Waals surface area contributed by atoms with Crippen molar-refractivity contribution in [3.8, 4) is 5.75 Å². The molecular formula is C9H11BNO2-. The van der Waals surface area contributed by atoms with Crippen molar-refractivity contribution >= 4 is 13.8 Å². The first-order valence-corrected chi connectivity index (χ1v) is 4.00. The van der Waals surface area contributed by atoms with Crippen LogP contribution in [0.4, 0.5) is 0 Å². The summed E-state index contributed by atoms with van der Waals surface area (Å²) in [7, 11) is 5.07. The van der Waals surface area contributed by atoms with Crippen LogP contribution in [0.5, 0.6) is 5.75 Å². The van der Waals surface area contributed by atoms with Crippen molar-refractivity contribution < 1.29 is 9.53 Å². The number of para-hydroxylation sites is 1. The van der Waals surface area contributed by atoms with Crippen LogP contribution in [-0.2, 0) is 0 Å². The van der Waals surface area contributed by atoms with Gasteiger partial charge in [0.15, 0.2) is 0 Å². The maximum atomic E-state index is 11.4. The van der Waals surface area contributed by atoms with Crippen molar-refractivity contribution in [3.63, 3.8) is 0 Å². The molecule has 3 nitrogen and oxygen atoms in total. The molecule has 0 aliphatic heterocycles. The van der Waals surface area contributed by atoms with Crippen LogP contribution in [0.1, 0.15) is 10.4 Å². The van der Waals surface area contributed by atoms with E-state index in [1.165, 1.54) is 7.11 Å². The van der Waals surface area contributed by atoms with Gasteiger partial charge in [-0.2, -0.15) is 6.44 Å². The maximum Gasteiger partial charge on any atom is 0.251 e. The van der Waals surface area contributed by atoms with Crippen LogP contribution in [0.15, 0.2) is 24.3 Å². The predicted molar refractivity (Wildman–Crippen MR) is 52.5 cm³/mol. The number of amides is 1. The zero-order chi connectivity index (χ0) is 9.68. The summed E-state index contributed by atoms with van der Waals surface area (Å²) >= 11 is 0. The second-order valence-corrected chi connectivity index (χ2v) is 2.46. The monoisotopic (exact) mass is 176 g/mol. The molecule has 0 aliphatic carbocycles. The molecule has 0 heterocycles. The van der Waals surface area contributed by atoms with Gasteiger partial charge in [0.1, 0.15) is 5.75 Å². The fourth-order valence-corrected chi connectivity index (χ4v) is 1.04. The van der Waals surface area contributed by atoms with Crippen molar-refractivity contribution in [3.05, 3.63) is 29.8 Å². The minimum Gasteiger partial charge on any atom is -0.496 e. The molecule has 0 unspecified atom stereocenters. The molecule has 0 bridgehead atoms. The first-order chi connectivity index (χ1) is 6.29. The van der Waals surface area contributed by atoms with E-state index >= 15 is 0 Å². The lowest BCUT2D eigenvalue weighted by Crippen LogP contribution is -2.24. The average Bonchev–Trinajstić information content (AvgIpc) is 2.18. The van der Waals surface area contributed by atoms with Crippen molar-refractivity contribution in [1.29, 1.82) is 0 Å². The molecular weight excluding hydrogens is 165 g/mol. The highest BCUT2D eigenvalue weighted by atomic mass is 16.5. The van der Waals surface area contributed by atoms with Crippen molar-refractivity contribution in [2.75, 3.05) is 13.6 Å². The van der Waals surface area contributed by atoms with Gasteiger partial charge in [-0.3, -0.25) is 4.79 Å². The Morgan fingerprint density at radius 2 is 2.23 bits per heavy atom. The summed E-state index contributed by atoms with van der Waals surface area (Å²) in [6, 6.07) is 7.07. The molecule has 1 N–H and O–H groups in total. The SMILES string of the molecule is [BH-]CNC(=O)c1ccccc1OC. The minimum atomic E-state index is -0.160. The number of hydrogen-bond donors (Lipinski definition) is 1. The van der Waals surface area contributed by atoms with Crippen LogP contribution in [-0.4, -0.2) is 27.3 Å². The average molecular weight is 176 g/mol. The lowest BCUT2D eigenvalue weighted by molar-refractivity contribution is 0.0957. The van der Waals surface area contributed by atoms with Crippen molar-refractivity contribution in [1.82, 2.24) is 5.32 Å². The first kappa shape index (κ1) is 9.64. The molecule has 1 aromatic carbocycles. The second kappa shape index (κ2) is 4.55. The van der Waals surface area contributed by atoms with Gasteiger partial charge in [0.25, 0.3) is 5.91 Å². The molecule has 2 radical (unpaired) electrons. The van der Waals surface area contributed by atoms with Gasteiger partial charge in [-0.1, -0.05) is 12.1 Å². The molecule has 0 saturated heterocycles. The largest absolute Gasteiger partial charge is 0.496 e. The molecule has 0 atom stereocenters. The van der Waals surface area contributed by atoms with E-state index in [-0.39, 0.29) is 5.91 Å². The van der Waals surface area contributed by atoms with E-state index in [1.54, 1.807) is 18.2 Å². The van der Waals surface area contributed by atoms with Crippen LogP contribution in [0, 0.1) is 0 Å². The van der Waals surface area contributed by atoms with Crippen LogP contribution < -0.4 is 10.1 Å². The third kappa shape index (κ3) is 2.24. The molecule has 1 amide bonds. The van der Waals surface area contributed by atoms with Gasteiger partial charge >= 0.3 is 0 Å². The molecule has 0 saturated carbocycles. The third-order valence-electron chi connectivity index (χ3n) is 1.64. The van der Waals surface area contributed by atoms with Crippen LogP contribution in [0.2, 0.25) is 0 Å². The van der Waals surface area contributed by atoms with E-state index in [4.69, 9.17) is 4.74 Å². The lowest BCUT2D eigenvalue weighted by atomic mass is 10.1. The third-order valence-corrected chi connectivity index (χ3v) is 1.64. The Kier molecular flexibility index (Phi) is 3.37. The van der Waals surface area contributed by atoms with Crippen LogP contribution in [0.3, 0.4) is 0 Å². The smallest absolute Gasteiger partial charge is 0.251 e. The standard InChI is InChI=1S/C9H11BNO2/c1-13-8-5-3-2-4-7(8)9(12)11-6-10/h2-5,10H,6H2,1H3,(H,11,12)/q-1. The second-order valence-electron chi connectivity index (χ2n) is 2.46.